The van der Waals surface area contributed by atoms with E-state index in [9.17, 15) is 14.4 Å². The fourth-order valence-corrected chi connectivity index (χ4v) is 5.86. The van der Waals surface area contributed by atoms with E-state index in [0.29, 0.717) is 39.8 Å². The molecule has 0 aliphatic rings. The Morgan fingerprint density at radius 2 is 1.33 bits per heavy atom. The summed E-state index contributed by atoms with van der Waals surface area (Å²) in [5.41, 5.74) is 2.86. The molecule has 3 N–H and O–H groups in total. The van der Waals surface area contributed by atoms with Gasteiger partial charge in [-0.25, -0.2) is 0 Å². The van der Waals surface area contributed by atoms with Crippen molar-refractivity contribution in [1.82, 2.24) is 5.32 Å². The van der Waals surface area contributed by atoms with Gasteiger partial charge >= 0.3 is 0 Å². The number of thioether (sulfide) groups is 1. The maximum absolute atomic E-state index is 13.6. The molecule has 0 saturated heterocycles. The number of benzene rings is 5. The molecule has 0 spiro atoms. The molecule has 0 aromatic heterocycles. The van der Waals surface area contributed by atoms with E-state index >= 15 is 0 Å². The third-order valence-electron chi connectivity index (χ3n) is 7.34. The zero-order valence-corrected chi connectivity index (χ0v) is 28.0. The molecular weight excluding hydrogens is 639 g/mol. The summed E-state index contributed by atoms with van der Waals surface area (Å²) >= 11 is 1.37. The van der Waals surface area contributed by atoms with Gasteiger partial charge in [0, 0.05) is 27.8 Å². The van der Waals surface area contributed by atoms with E-state index in [-0.39, 0.29) is 11.6 Å². The Kier molecular flexibility index (Phi) is 11.7. The van der Waals surface area contributed by atoms with Crippen LogP contribution in [0.2, 0.25) is 0 Å². The molecule has 1 atom stereocenters. The first kappa shape index (κ1) is 34.3. The van der Waals surface area contributed by atoms with Gasteiger partial charge in [0.2, 0.25) is 5.91 Å². The van der Waals surface area contributed by atoms with Crippen molar-refractivity contribution in [2.75, 3.05) is 32.0 Å². The van der Waals surface area contributed by atoms with E-state index in [4.69, 9.17) is 14.2 Å². The minimum Gasteiger partial charge on any atom is -0.497 e. The Bertz CT molecular complexity index is 1930. The highest BCUT2D eigenvalue weighted by Crippen LogP contribution is 2.37. The summed E-state index contributed by atoms with van der Waals surface area (Å²) in [5, 5.41) is 8.03. The van der Waals surface area contributed by atoms with Crippen molar-refractivity contribution in [3.63, 3.8) is 0 Å². The summed E-state index contributed by atoms with van der Waals surface area (Å²) in [7, 11) is 4.62. The first-order chi connectivity index (χ1) is 23.9. The minimum atomic E-state index is -0.575. The Balaban J connectivity index is 1.36. The van der Waals surface area contributed by atoms with Crippen LogP contribution in [0, 0.1) is 0 Å². The number of methoxy groups -OCH3 is 3. The van der Waals surface area contributed by atoms with Gasteiger partial charge in [-0.3, -0.25) is 14.4 Å². The number of hydrogen-bond acceptors (Lipinski definition) is 7. The fraction of sp³-hybridized carbons (Fsp3) is 0.103. The van der Waals surface area contributed by atoms with Gasteiger partial charge in [0.15, 0.2) is 0 Å². The highest BCUT2D eigenvalue weighted by molar-refractivity contribution is 8.00. The molecular formula is C39H35N3O6S. The van der Waals surface area contributed by atoms with Gasteiger partial charge in [0.1, 0.15) is 28.2 Å². The molecule has 5 rings (SSSR count). The smallest absolute Gasteiger partial charge is 0.272 e. The third-order valence-corrected chi connectivity index (χ3v) is 8.61. The monoisotopic (exact) mass is 673 g/mol. The van der Waals surface area contributed by atoms with E-state index in [1.165, 1.54) is 18.9 Å². The summed E-state index contributed by atoms with van der Waals surface area (Å²) < 4.78 is 16.2. The van der Waals surface area contributed by atoms with Crippen LogP contribution >= 0.6 is 11.8 Å². The Hall–Kier alpha value is -6.00. The van der Waals surface area contributed by atoms with E-state index < -0.39 is 17.1 Å². The third kappa shape index (κ3) is 9.09. The van der Waals surface area contributed by atoms with Crippen LogP contribution in [0.15, 0.2) is 138 Å². The fourth-order valence-electron chi connectivity index (χ4n) is 4.83. The number of carbonyl (C=O) groups excluding carboxylic acids is 3. The van der Waals surface area contributed by atoms with Crippen LogP contribution in [0.4, 0.5) is 11.4 Å². The van der Waals surface area contributed by atoms with Crippen molar-refractivity contribution in [2.45, 2.75) is 10.1 Å². The van der Waals surface area contributed by atoms with Crippen LogP contribution in [0.25, 0.3) is 6.08 Å². The summed E-state index contributed by atoms with van der Waals surface area (Å²) in [6, 6.07) is 37.6. The molecule has 5 aromatic carbocycles. The second-order valence-electron chi connectivity index (χ2n) is 10.6. The Labute approximate surface area is 289 Å². The lowest BCUT2D eigenvalue weighted by molar-refractivity contribution is -0.116. The van der Waals surface area contributed by atoms with E-state index in [2.05, 4.69) is 16.0 Å². The predicted molar refractivity (Wildman–Crippen MR) is 193 cm³/mol. The molecule has 49 heavy (non-hydrogen) atoms. The average molecular weight is 674 g/mol. The van der Waals surface area contributed by atoms with Gasteiger partial charge in [-0.05, 0) is 72.3 Å². The predicted octanol–water partition coefficient (Wildman–Crippen LogP) is 7.59. The van der Waals surface area contributed by atoms with Crippen LogP contribution in [-0.4, -0.2) is 39.1 Å². The molecule has 0 bridgehead atoms. The lowest BCUT2D eigenvalue weighted by Crippen LogP contribution is -2.30. The van der Waals surface area contributed by atoms with Crippen molar-refractivity contribution >= 4 is 46.9 Å². The lowest BCUT2D eigenvalue weighted by atomic mass is 10.1. The van der Waals surface area contributed by atoms with Crippen LogP contribution < -0.4 is 30.2 Å². The highest BCUT2D eigenvalue weighted by atomic mass is 32.2. The van der Waals surface area contributed by atoms with Crippen LogP contribution in [-0.2, 0) is 9.59 Å². The summed E-state index contributed by atoms with van der Waals surface area (Å²) in [5.74, 6) is 0.406. The van der Waals surface area contributed by atoms with Gasteiger partial charge < -0.3 is 30.2 Å². The van der Waals surface area contributed by atoms with Crippen molar-refractivity contribution in [2.24, 2.45) is 0 Å². The molecule has 0 radical (unpaired) electrons. The second kappa shape index (κ2) is 16.7. The van der Waals surface area contributed by atoms with Gasteiger partial charge in [-0.2, -0.15) is 0 Å². The zero-order valence-electron chi connectivity index (χ0n) is 27.1. The number of para-hydroxylation sites is 2. The normalized spacial score (nSPS) is 11.5. The lowest BCUT2D eigenvalue weighted by Gasteiger charge is -2.18. The number of carbonyl (C=O) groups is 3. The number of hydrogen-bond donors (Lipinski definition) is 3. The van der Waals surface area contributed by atoms with Crippen LogP contribution in [0.5, 0.6) is 17.2 Å². The SMILES string of the molecule is COc1ccc(/C=C(\NC(=O)c2ccccc2)C(=O)Nc2ccc(SC(C(=O)Nc3ccccc3OC)c3ccccc3)cc2)c(OC)c1. The first-order valence-corrected chi connectivity index (χ1v) is 16.1. The number of ether oxygens (including phenoxy) is 3. The Morgan fingerprint density at radius 3 is 2.00 bits per heavy atom. The van der Waals surface area contributed by atoms with Crippen LogP contribution in [0.3, 0.4) is 0 Å². The highest BCUT2D eigenvalue weighted by Gasteiger charge is 2.23. The topological polar surface area (TPSA) is 115 Å². The van der Waals surface area contributed by atoms with Gasteiger partial charge in [0.25, 0.3) is 11.8 Å². The largest absolute Gasteiger partial charge is 0.497 e. The number of nitrogens with one attached hydrogen (secondary N) is 3. The maximum Gasteiger partial charge on any atom is 0.272 e. The minimum absolute atomic E-state index is 0.00734. The molecule has 248 valence electrons. The molecule has 3 amide bonds. The summed E-state index contributed by atoms with van der Waals surface area (Å²) in [6.07, 6.45) is 1.55. The van der Waals surface area contributed by atoms with E-state index in [1.54, 1.807) is 93.1 Å². The standard InChI is InChI=1S/C39H35N3O6S/c1-46-30-21-18-28(35(25-30)48-3)24-33(42-37(43)27-14-8-5-9-15-27)38(44)40-29-19-22-31(23-20-29)49-36(26-12-6-4-7-13-26)39(45)41-32-16-10-11-17-34(32)47-2/h4-25,36H,1-3H3,(H,40,44)(H,41,45)(H,42,43)/b33-24-. The van der Waals surface area contributed by atoms with Crippen LogP contribution in [0.1, 0.15) is 26.7 Å². The van der Waals surface area contributed by atoms with E-state index in [0.717, 1.165) is 10.5 Å². The zero-order chi connectivity index (χ0) is 34.6. The van der Waals surface area contributed by atoms with Crippen molar-refractivity contribution < 1.29 is 28.6 Å². The Morgan fingerprint density at radius 1 is 0.673 bits per heavy atom. The van der Waals surface area contributed by atoms with Gasteiger partial charge in [-0.1, -0.05) is 60.7 Å². The summed E-state index contributed by atoms with van der Waals surface area (Å²) in [6.45, 7) is 0. The second-order valence-corrected chi connectivity index (χ2v) is 11.7. The van der Waals surface area contributed by atoms with Crippen molar-refractivity contribution in [1.29, 1.82) is 0 Å². The molecule has 10 heteroatoms. The van der Waals surface area contributed by atoms with Gasteiger partial charge in [-0.15, -0.1) is 11.8 Å². The molecule has 0 heterocycles. The number of anilines is 2. The maximum atomic E-state index is 13.6. The number of amides is 3. The molecule has 0 aliphatic heterocycles. The first-order valence-electron chi connectivity index (χ1n) is 15.3. The molecule has 5 aromatic rings. The molecule has 1 unspecified atom stereocenters. The van der Waals surface area contributed by atoms with E-state index in [1.807, 2.05) is 54.6 Å². The molecule has 0 aliphatic carbocycles. The quantitative estimate of drug-likeness (QED) is 0.0872. The summed E-state index contributed by atoms with van der Waals surface area (Å²) in [4.78, 5) is 41.1. The number of rotatable bonds is 13. The average Bonchev–Trinajstić information content (AvgIpc) is 3.15. The molecule has 9 nitrogen and oxygen atoms in total. The van der Waals surface area contributed by atoms with Crippen molar-refractivity contribution in [3.05, 3.63) is 150 Å². The molecule has 0 fully saturated rings. The molecule has 0 saturated carbocycles. The van der Waals surface area contributed by atoms with Crippen molar-refractivity contribution in [3.8, 4) is 17.2 Å². The van der Waals surface area contributed by atoms with Gasteiger partial charge in [0.05, 0.1) is 27.0 Å².